The van der Waals surface area contributed by atoms with Gasteiger partial charge in [0.2, 0.25) is 0 Å². The first-order chi connectivity index (χ1) is 9.65. The van der Waals surface area contributed by atoms with E-state index in [-0.39, 0.29) is 5.91 Å². The number of nitrogens with zero attached hydrogens (tertiary/aromatic N) is 3. The molecule has 0 aliphatic carbocycles. The van der Waals surface area contributed by atoms with Gasteiger partial charge in [0, 0.05) is 13.1 Å². The van der Waals surface area contributed by atoms with Crippen LogP contribution in [0.25, 0.3) is 0 Å². The van der Waals surface area contributed by atoms with E-state index in [4.69, 9.17) is 11.6 Å². The molecule has 2 rings (SSSR count). The van der Waals surface area contributed by atoms with E-state index < -0.39 is 0 Å². The molecule has 1 atom stereocenters. The van der Waals surface area contributed by atoms with E-state index in [9.17, 15) is 4.79 Å². The highest BCUT2D eigenvalue weighted by atomic mass is 35.5. The molecule has 1 aromatic heterocycles. The van der Waals surface area contributed by atoms with Gasteiger partial charge in [-0.3, -0.25) is 4.79 Å². The first-order valence-corrected chi connectivity index (χ1v) is 7.53. The van der Waals surface area contributed by atoms with Crippen molar-refractivity contribution >= 4 is 17.5 Å². The molecule has 0 radical (unpaired) electrons. The van der Waals surface area contributed by atoms with Gasteiger partial charge in [0.25, 0.3) is 5.91 Å². The molecule has 1 fully saturated rings. The van der Waals surface area contributed by atoms with E-state index in [0.717, 1.165) is 6.54 Å². The highest BCUT2D eigenvalue weighted by Gasteiger charge is 2.15. The van der Waals surface area contributed by atoms with Crippen LogP contribution < -0.4 is 5.32 Å². The van der Waals surface area contributed by atoms with Gasteiger partial charge >= 0.3 is 0 Å². The molecule has 6 heteroatoms. The van der Waals surface area contributed by atoms with Gasteiger partial charge in [-0.1, -0.05) is 24.9 Å². The summed E-state index contributed by atoms with van der Waals surface area (Å²) in [5.41, 5.74) is 0.305. The number of halogens is 1. The number of carbonyl (C=O) groups is 1. The SMILES string of the molecule is CC(CNC(=O)c1ccc(Cl)nn1)CN1CCCCC1. The molecule has 1 unspecified atom stereocenters. The molecule has 0 bridgehead atoms. The monoisotopic (exact) mass is 296 g/mol. The fourth-order valence-corrected chi connectivity index (χ4v) is 2.54. The van der Waals surface area contributed by atoms with Gasteiger partial charge in [0.1, 0.15) is 0 Å². The minimum Gasteiger partial charge on any atom is -0.350 e. The van der Waals surface area contributed by atoms with Crippen molar-refractivity contribution in [1.29, 1.82) is 0 Å². The van der Waals surface area contributed by atoms with Gasteiger partial charge in [0.15, 0.2) is 10.8 Å². The quantitative estimate of drug-likeness (QED) is 0.903. The van der Waals surface area contributed by atoms with E-state index in [1.54, 1.807) is 12.1 Å². The zero-order chi connectivity index (χ0) is 14.4. The van der Waals surface area contributed by atoms with E-state index in [2.05, 4.69) is 27.3 Å². The summed E-state index contributed by atoms with van der Waals surface area (Å²) in [5, 5.41) is 10.6. The Labute approximate surface area is 124 Å². The molecule has 1 aliphatic heterocycles. The molecule has 110 valence electrons. The van der Waals surface area contributed by atoms with Gasteiger partial charge < -0.3 is 10.2 Å². The normalized spacial score (nSPS) is 17.7. The predicted octanol–water partition coefficient (Wildman–Crippen LogP) is 1.98. The highest BCUT2D eigenvalue weighted by Crippen LogP contribution is 2.10. The maximum absolute atomic E-state index is 11.9. The smallest absolute Gasteiger partial charge is 0.271 e. The van der Waals surface area contributed by atoms with Crippen molar-refractivity contribution in [2.75, 3.05) is 26.2 Å². The van der Waals surface area contributed by atoms with Crippen LogP contribution in [0.5, 0.6) is 0 Å². The number of hydrogen-bond donors (Lipinski definition) is 1. The van der Waals surface area contributed by atoms with Gasteiger partial charge in [-0.25, -0.2) is 0 Å². The molecule has 1 amide bonds. The Bertz CT molecular complexity index is 431. The summed E-state index contributed by atoms with van der Waals surface area (Å²) in [5.74, 6) is 0.233. The largest absolute Gasteiger partial charge is 0.350 e. The molecule has 5 nitrogen and oxygen atoms in total. The zero-order valence-corrected chi connectivity index (χ0v) is 12.6. The summed E-state index contributed by atoms with van der Waals surface area (Å²) in [6, 6.07) is 3.15. The second-order valence-corrected chi connectivity index (χ2v) is 5.81. The lowest BCUT2D eigenvalue weighted by molar-refractivity contribution is 0.0936. The molecule has 2 heterocycles. The maximum atomic E-state index is 11.9. The second kappa shape index (κ2) is 7.55. The summed E-state index contributed by atoms with van der Waals surface area (Å²) < 4.78 is 0. The first-order valence-electron chi connectivity index (χ1n) is 7.15. The lowest BCUT2D eigenvalue weighted by atomic mass is 10.1. The standard InChI is InChI=1S/C14H21ClN4O/c1-11(10-19-7-3-2-4-8-19)9-16-14(20)12-5-6-13(15)18-17-12/h5-6,11H,2-4,7-10H2,1H3,(H,16,20). The van der Waals surface area contributed by atoms with Crippen molar-refractivity contribution in [2.45, 2.75) is 26.2 Å². The van der Waals surface area contributed by atoms with Crippen LogP contribution in [0.3, 0.4) is 0 Å². The van der Waals surface area contributed by atoms with E-state index >= 15 is 0 Å². The molecule has 1 aromatic rings. The third-order valence-electron chi connectivity index (χ3n) is 3.49. The molecule has 20 heavy (non-hydrogen) atoms. The maximum Gasteiger partial charge on any atom is 0.271 e. The number of amides is 1. The van der Waals surface area contributed by atoms with Crippen molar-refractivity contribution in [3.63, 3.8) is 0 Å². The Balaban J connectivity index is 1.73. The number of piperidine rings is 1. The highest BCUT2D eigenvalue weighted by molar-refractivity contribution is 6.29. The van der Waals surface area contributed by atoms with Crippen LogP contribution in [0.1, 0.15) is 36.7 Å². The van der Waals surface area contributed by atoms with E-state index in [0.29, 0.717) is 23.3 Å². The molecule has 1 N–H and O–H groups in total. The average molecular weight is 297 g/mol. The summed E-state index contributed by atoms with van der Waals surface area (Å²) in [4.78, 5) is 14.4. The number of likely N-dealkylation sites (tertiary alicyclic amines) is 1. The fraction of sp³-hybridized carbons (Fsp3) is 0.643. The summed E-state index contributed by atoms with van der Waals surface area (Å²) in [6.07, 6.45) is 3.93. The van der Waals surface area contributed by atoms with Crippen molar-refractivity contribution in [3.8, 4) is 0 Å². The van der Waals surface area contributed by atoms with Crippen molar-refractivity contribution in [3.05, 3.63) is 23.0 Å². The topological polar surface area (TPSA) is 58.1 Å². The van der Waals surface area contributed by atoms with Crippen LogP contribution in [0.2, 0.25) is 5.15 Å². The molecule has 1 aliphatic rings. The molecule has 0 saturated carbocycles. The van der Waals surface area contributed by atoms with Crippen LogP contribution in [0.15, 0.2) is 12.1 Å². The van der Waals surface area contributed by atoms with Crippen molar-refractivity contribution in [1.82, 2.24) is 20.4 Å². The van der Waals surface area contributed by atoms with Crippen LogP contribution in [0.4, 0.5) is 0 Å². The molecule has 0 aromatic carbocycles. The number of aromatic nitrogens is 2. The van der Waals surface area contributed by atoms with Crippen LogP contribution in [-0.4, -0.2) is 47.2 Å². The minimum atomic E-state index is -0.195. The van der Waals surface area contributed by atoms with Crippen molar-refractivity contribution in [2.24, 2.45) is 5.92 Å². The van der Waals surface area contributed by atoms with Gasteiger partial charge in [-0.2, -0.15) is 0 Å². The Kier molecular flexibility index (Phi) is 5.73. The summed E-state index contributed by atoms with van der Waals surface area (Å²) >= 11 is 5.64. The van der Waals surface area contributed by atoms with Gasteiger partial charge in [-0.15, -0.1) is 10.2 Å². The number of hydrogen-bond acceptors (Lipinski definition) is 4. The first kappa shape index (κ1) is 15.2. The lowest BCUT2D eigenvalue weighted by Crippen LogP contribution is -2.38. The number of rotatable bonds is 5. The van der Waals surface area contributed by atoms with E-state index in [1.165, 1.54) is 32.4 Å². The number of carbonyl (C=O) groups excluding carboxylic acids is 1. The minimum absolute atomic E-state index is 0.195. The van der Waals surface area contributed by atoms with Crippen molar-refractivity contribution < 1.29 is 4.79 Å². The van der Waals surface area contributed by atoms with Gasteiger partial charge in [0.05, 0.1) is 0 Å². The average Bonchev–Trinajstić information content (AvgIpc) is 2.46. The Morgan fingerprint density at radius 2 is 2.10 bits per heavy atom. The molecule has 1 saturated heterocycles. The van der Waals surface area contributed by atoms with Crippen LogP contribution >= 0.6 is 11.6 Å². The number of nitrogens with one attached hydrogen (secondary N) is 1. The Morgan fingerprint density at radius 1 is 1.35 bits per heavy atom. The Hall–Kier alpha value is -1.20. The zero-order valence-electron chi connectivity index (χ0n) is 11.8. The van der Waals surface area contributed by atoms with Crippen LogP contribution in [-0.2, 0) is 0 Å². The predicted molar refractivity (Wildman–Crippen MR) is 78.8 cm³/mol. The van der Waals surface area contributed by atoms with Crippen LogP contribution in [0, 0.1) is 5.92 Å². The fourth-order valence-electron chi connectivity index (χ4n) is 2.44. The third kappa shape index (κ3) is 4.72. The lowest BCUT2D eigenvalue weighted by Gasteiger charge is -2.29. The molecular weight excluding hydrogens is 276 g/mol. The molecule has 0 spiro atoms. The summed E-state index contributed by atoms with van der Waals surface area (Å²) in [7, 11) is 0. The van der Waals surface area contributed by atoms with E-state index in [1.807, 2.05) is 0 Å². The Morgan fingerprint density at radius 3 is 2.75 bits per heavy atom. The second-order valence-electron chi connectivity index (χ2n) is 5.42. The molecular formula is C14H21ClN4O. The van der Waals surface area contributed by atoms with Gasteiger partial charge in [-0.05, 0) is 44.0 Å². The third-order valence-corrected chi connectivity index (χ3v) is 3.70. The summed E-state index contributed by atoms with van der Waals surface area (Å²) in [6.45, 7) is 6.20.